The Bertz CT molecular complexity index is 429. The highest BCUT2D eigenvalue weighted by Crippen LogP contribution is 2.24. The van der Waals surface area contributed by atoms with Crippen LogP contribution in [0.1, 0.15) is 5.69 Å². The van der Waals surface area contributed by atoms with Gasteiger partial charge in [-0.1, -0.05) is 0 Å². The maximum atomic E-state index is 5.55. The van der Waals surface area contributed by atoms with Gasteiger partial charge in [0.1, 0.15) is 0 Å². The largest absolute Gasteiger partial charge is 0.375 e. The van der Waals surface area contributed by atoms with Crippen molar-refractivity contribution in [1.29, 1.82) is 0 Å². The molecular weight excluding hydrogens is 184 g/mol. The molecule has 0 saturated carbocycles. The van der Waals surface area contributed by atoms with E-state index in [1.165, 1.54) is 11.3 Å². The second-order valence-electron chi connectivity index (χ2n) is 2.87. The Morgan fingerprint density at radius 2 is 2.31 bits per heavy atom. The van der Waals surface area contributed by atoms with E-state index in [2.05, 4.69) is 10.1 Å². The van der Waals surface area contributed by atoms with Crippen molar-refractivity contribution in [1.82, 2.24) is 14.8 Å². The Labute approximate surface area is 80.0 Å². The molecule has 0 saturated heterocycles. The third-order valence-corrected chi connectivity index (χ3v) is 2.49. The summed E-state index contributed by atoms with van der Waals surface area (Å²) in [6.45, 7) is 1.96. The molecule has 2 rings (SSSR count). The lowest BCUT2D eigenvalue weighted by atomic mass is 10.2. The van der Waals surface area contributed by atoms with Crippen LogP contribution in [0, 0.1) is 6.92 Å². The van der Waals surface area contributed by atoms with Crippen LogP contribution in [0.15, 0.2) is 11.6 Å². The minimum Gasteiger partial charge on any atom is -0.375 e. The van der Waals surface area contributed by atoms with Gasteiger partial charge in [0.25, 0.3) is 0 Å². The van der Waals surface area contributed by atoms with Crippen molar-refractivity contribution < 1.29 is 0 Å². The highest BCUT2D eigenvalue weighted by atomic mass is 32.1. The first-order chi connectivity index (χ1) is 6.16. The number of thiazole rings is 1. The lowest BCUT2D eigenvalue weighted by molar-refractivity contribution is 0.756. The number of hydrogen-bond acceptors (Lipinski definition) is 4. The van der Waals surface area contributed by atoms with E-state index in [4.69, 9.17) is 5.73 Å². The number of aryl methyl sites for hydroxylation is 2. The first-order valence-corrected chi connectivity index (χ1v) is 4.76. The zero-order valence-electron chi connectivity index (χ0n) is 7.48. The molecule has 68 valence electrons. The molecule has 2 aromatic heterocycles. The molecule has 0 aliphatic carbocycles. The summed E-state index contributed by atoms with van der Waals surface area (Å²) in [7, 11) is 1.90. The third kappa shape index (κ3) is 1.42. The highest BCUT2D eigenvalue weighted by molar-refractivity contribution is 7.13. The van der Waals surface area contributed by atoms with Crippen LogP contribution in [0.2, 0.25) is 0 Å². The number of hydrogen-bond donors (Lipinski definition) is 1. The van der Waals surface area contributed by atoms with Crippen LogP contribution in [0.4, 0.5) is 5.13 Å². The molecule has 0 aliphatic heterocycles. The fraction of sp³-hybridized carbons (Fsp3) is 0.250. The molecule has 0 radical (unpaired) electrons. The van der Waals surface area contributed by atoms with Crippen LogP contribution >= 0.6 is 11.3 Å². The number of aromatic nitrogens is 3. The smallest absolute Gasteiger partial charge is 0.180 e. The molecule has 0 aliphatic rings. The normalized spacial score (nSPS) is 10.6. The molecule has 5 heteroatoms. The molecule has 0 spiro atoms. The number of nitrogens with zero attached hydrogens (tertiary/aromatic N) is 3. The Hall–Kier alpha value is -1.36. The number of nitrogen functional groups attached to an aromatic ring is 1. The van der Waals surface area contributed by atoms with Gasteiger partial charge < -0.3 is 5.73 Å². The molecule has 0 aromatic carbocycles. The summed E-state index contributed by atoms with van der Waals surface area (Å²) >= 11 is 1.45. The number of anilines is 1. The average molecular weight is 194 g/mol. The maximum absolute atomic E-state index is 5.55. The van der Waals surface area contributed by atoms with Crippen LogP contribution in [-0.2, 0) is 7.05 Å². The van der Waals surface area contributed by atoms with E-state index in [1.807, 2.05) is 25.5 Å². The van der Waals surface area contributed by atoms with Crippen molar-refractivity contribution in [3.63, 3.8) is 0 Å². The quantitative estimate of drug-likeness (QED) is 0.747. The lowest BCUT2D eigenvalue weighted by Crippen LogP contribution is -1.86. The van der Waals surface area contributed by atoms with Gasteiger partial charge in [-0.2, -0.15) is 5.10 Å². The summed E-state index contributed by atoms with van der Waals surface area (Å²) in [5.74, 6) is 0. The fourth-order valence-corrected chi connectivity index (χ4v) is 1.83. The van der Waals surface area contributed by atoms with Crippen LogP contribution in [0.5, 0.6) is 0 Å². The fourth-order valence-electron chi connectivity index (χ4n) is 1.26. The monoisotopic (exact) mass is 194 g/mol. The number of nitrogens with two attached hydrogens (primary N) is 1. The summed E-state index contributed by atoms with van der Waals surface area (Å²) < 4.78 is 1.78. The van der Waals surface area contributed by atoms with Crippen molar-refractivity contribution in [2.24, 2.45) is 7.05 Å². The van der Waals surface area contributed by atoms with Crippen LogP contribution in [0.3, 0.4) is 0 Å². The molecule has 2 N–H and O–H groups in total. The molecule has 4 nitrogen and oxygen atoms in total. The SMILES string of the molecule is Cc1nn(C)cc1-c1csc(N)n1. The predicted octanol–water partition coefficient (Wildman–Crippen LogP) is 1.43. The van der Waals surface area contributed by atoms with E-state index < -0.39 is 0 Å². The van der Waals surface area contributed by atoms with E-state index in [-0.39, 0.29) is 0 Å². The van der Waals surface area contributed by atoms with Gasteiger partial charge in [0.15, 0.2) is 5.13 Å². The van der Waals surface area contributed by atoms with E-state index in [0.29, 0.717) is 5.13 Å². The Kier molecular flexibility index (Phi) is 1.81. The van der Waals surface area contributed by atoms with Crippen molar-refractivity contribution >= 4 is 16.5 Å². The first-order valence-electron chi connectivity index (χ1n) is 3.88. The van der Waals surface area contributed by atoms with Gasteiger partial charge in [-0.15, -0.1) is 11.3 Å². The minimum absolute atomic E-state index is 0.596. The van der Waals surface area contributed by atoms with Gasteiger partial charge >= 0.3 is 0 Å². The van der Waals surface area contributed by atoms with E-state index >= 15 is 0 Å². The summed E-state index contributed by atoms with van der Waals surface area (Å²) in [6, 6.07) is 0. The van der Waals surface area contributed by atoms with Crippen molar-refractivity contribution in [2.45, 2.75) is 6.92 Å². The molecule has 0 fully saturated rings. The second kappa shape index (κ2) is 2.85. The van der Waals surface area contributed by atoms with Crippen molar-refractivity contribution in [3.8, 4) is 11.3 Å². The van der Waals surface area contributed by atoms with E-state index in [9.17, 15) is 0 Å². The molecule has 0 amide bonds. The third-order valence-electron chi connectivity index (χ3n) is 1.81. The standard InChI is InChI=1S/C8H10N4S/c1-5-6(3-12(2)11-5)7-4-13-8(9)10-7/h3-4H,1-2H3,(H2,9,10). The van der Waals surface area contributed by atoms with Crippen molar-refractivity contribution in [3.05, 3.63) is 17.3 Å². The molecule has 13 heavy (non-hydrogen) atoms. The van der Waals surface area contributed by atoms with E-state index in [1.54, 1.807) is 4.68 Å². The molecule has 0 bridgehead atoms. The van der Waals surface area contributed by atoms with Gasteiger partial charge in [0.2, 0.25) is 0 Å². The Morgan fingerprint density at radius 3 is 2.77 bits per heavy atom. The Morgan fingerprint density at radius 1 is 1.54 bits per heavy atom. The van der Waals surface area contributed by atoms with Gasteiger partial charge in [0, 0.05) is 24.2 Å². The van der Waals surface area contributed by atoms with Crippen molar-refractivity contribution in [2.75, 3.05) is 5.73 Å². The van der Waals surface area contributed by atoms with Gasteiger partial charge in [-0.3, -0.25) is 4.68 Å². The minimum atomic E-state index is 0.596. The zero-order valence-corrected chi connectivity index (χ0v) is 8.30. The topological polar surface area (TPSA) is 56.7 Å². The molecule has 0 unspecified atom stereocenters. The second-order valence-corrected chi connectivity index (χ2v) is 3.76. The molecule has 2 heterocycles. The lowest BCUT2D eigenvalue weighted by Gasteiger charge is -1.89. The molecular formula is C8H10N4S. The summed E-state index contributed by atoms with van der Waals surface area (Å²) in [5, 5.41) is 6.78. The molecule has 0 atom stereocenters. The first kappa shape index (κ1) is 8.25. The number of rotatable bonds is 1. The van der Waals surface area contributed by atoms with Gasteiger partial charge in [-0.25, -0.2) is 4.98 Å². The summed E-state index contributed by atoms with van der Waals surface area (Å²) in [5.41, 5.74) is 8.49. The van der Waals surface area contributed by atoms with Gasteiger partial charge in [0.05, 0.1) is 11.4 Å². The summed E-state index contributed by atoms with van der Waals surface area (Å²) in [4.78, 5) is 4.20. The van der Waals surface area contributed by atoms with E-state index in [0.717, 1.165) is 17.0 Å². The Balaban J connectivity index is 2.51. The van der Waals surface area contributed by atoms with Crippen LogP contribution in [0.25, 0.3) is 11.3 Å². The predicted molar refractivity (Wildman–Crippen MR) is 53.5 cm³/mol. The zero-order chi connectivity index (χ0) is 9.42. The average Bonchev–Trinajstić information content (AvgIpc) is 2.58. The molecule has 2 aromatic rings. The highest BCUT2D eigenvalue weighted by Gasteiger charge is 2.08. The van der Waals surface area contributed by atoms with Crippen LogP contribution < -0.4 is 5.73 Å². The summed E-state index contributed by atoms with van der Waals surface area (Å²) in [6.07, 6.45) is 1.95. The van der Waals surface area contributed by atoms with Crippen LogP contribution in [-0.4, -0.2) is 14.8 Å². The maximum Gasteiger partial charge on any atom is 0.180 e. The van der Waals surface area contributed by atoms with Gasteiger partial charge in [-0.05, 0) is 6.92 Å².